The Balaban J connectivity index is 1.61. The van der Waals surface area contributed by atoms with Crippen LogP contribution in [0.3, 0.4) is 0 Å². The van der Waals surface area contributed by atoms with E-state index in [1.807, 2.05) is 0 Å². The first-order valence-corrected chi connectivity index (χ1v) is 7.70. The molecule has 3 aliphatic rings. The molecule has 1 aromatic carbocycles. The molecule has 1 fully saturated rings. The van der Waals surface area contributed by atoms with E-state index in [0.29, 0.717) is 30.0 Å². The van der Waals surface area contributed by atoms with E-state index in [2.05, 4.69) is 5.32 Å². The van der Waals surface area contributed by atoms with Gasteiger partial charge in [0.05, 0.1) is 0 Å². The molecule has 1 saturated heterocycles. The zero-order valence-corrected chi connectivity index (χ0v) is 13.0. The van der Waals surface area contributed by atoms with Crippen molar-refractivity contribution in [3.63, 3.8) is 0 Å². The standard InChI is InChI=1S/C16H16N2O6/c1-22-14-7-23-11-5-9-8(4-12(11)24-14)6-18(16(9)21)10-2-3-13(19)17-15(10)20/h4-5,10,14H,2-3,6-7H2,1H3,(H,17,19,20)/t10-,14+/m0/s1. The van der Waals surface area contributed by atoms with Crippen molar-refractivity contribution in [1.82, 2.24) is 10.2 Å². The highest BCUT2D eigenvalue weighted by Gasteiger charge is 2.40. The lowest BCUT2D eigenvalue weighted by Crippen LogP contribution is -2.52. The van der Waals surface area contributed by atoms with Crippen LogP contribution in [0.2, 0.25) is 0 Å². The average Bonchev–Trinajstić information content (AvgIpc) is 2.88. The number of nitrogens with zero attached hydrogens (tertiary/aromatic N) is 1. The zero-order valence-electron chi connectivity index (χ0n) is 13.0. The molecule has 0 saturated carbocycles. The van der Waals surface area contributed by atoms with E-state index in [9.17, 15) is 14.4 Å². The van der Waals surface area contributed by atoms with Crippen molar-refractivity contribution < 1.29 is 28.6 Å². The van der Waals surface area contributed by atoms with Crippen LogP contribution in [-0.2, 0) is 20.9 Å². The minimum Gasteiger partial charge on any atom is -0.483 e. The van der Waals surface area contributed by atoms with Crippen molar-refractivity contribution in [1.29, 1.82) is 0 Å². The molecular formula is C16H16N2O6. The van der Waals surface area contributed by atoms with E-state index >= 15 is 0 Å². The minimum absolute atomic E-state index is 0.231. The molecule has 2 atom stereocenters. The molecule has 126 valence electrons. The fraction of sp³-hybridized carbons (Fsp3) is 0.438. The summed E-state index contributed by atoms with van der Waals surface area (Å²) in [6, 6.07) is 2.76. The predicted octanol–water partition coefficient (Wildman–Crippen LogP) is 0.191. The Morgan fingerprint density at radius 1 is 1.25 bits per heavy atom. The second-order valence-electron chi connectivity index (χ2n) is 5.95. The predicted molar refractivity (Wildman–Crippen MR) is 79.4 cm³/mol. The number of fused-ring (bicyclic) bond motifs is 2. The topological polar surface area (TPSA) is 94.2 Å². The number of piperidine rings is 1. The summed E-state index contributed by atoms with van der Waals surface area (Å²) in [7, 11) is 1.53. The van der Waals surface area contributed by atoms with E-state index in [4.69, 9.17) is 14.2 Å². The quantitative estimate of drug-likeness (QED) is 0.777. The molecule has 3 aliphatic heterocycles. The van der Waals surface area contributed by atoms with Gasteiger partial charge >= 0.3 is 0 Å². The zero-order chi connectivity index (χ0) is 16.8. The monoisotopic (exact) mass is 332 g/mol. The van der Waals surface area contributed by atoms with Gasteiger partial charge in [0.1, 0.15) is 6.04 Å². The van der Waals surface area contributed by atoms with Gasteiger partial charge < -0.3 is 19.1 Å². The number of hydrogen-bond acceptors (Lipinski definition) is 6. The molecule has 3 amide bonds. The first-order valence-electron chi connectivity index (χ1n) is 7.70. The summed E-state index contributed by atoms with van der Waals surface area (Å²) in [5.74, 6) is 0.0393. The summed E-state index contributed by atoms with van der Waals surface area (Å²) in [5, 5.41) is 2.28. The van der Waals surface area contributed by atoms with E-state index in [1.165, 1.54) is 12.0 Å². The van der Waals surface area contributed by atoms with Crippen molar-refractivity contribution >= 4 is 17.7 Å². The Morgan fingerprint density at radius 3 is 2.83 bits per heavy atom. The molecule has 3 heterocycles. The maximum Gasteiger partial charge on any atom is 0.255 e. The number of carbonyl (C=O) groups is 3. The summed E-state index contributed by atoms with van der Waals surface area (Å²) >= 11 is 0. The Bertz CT molecular complexity index is 746. The summed E-state index contributed by atoms with van der Waals surface area (Å²) in [6.07, 6.45) is 0.0800. The fourth-order valence-corrected chi connectivity index (χ4v) is 3.23. The highest BCUT2D eigenvalue weighted by Crippen LogP contribution is 2.38. The van der Waals surface area contributed by atoms with Crippen molar-refractivity contribution in [2.24, 2.45) is 0 Å². The normalized spacial score (nSPS) is 25.5. The average molecular weight is 332 g/mol. The van der Waals surface area contributed by atoms with Crippen molar-refractivity contribution in [2.75, 3.05) is 13.7 Å². The lowest BCUT2D eigenvalue weighted by Gasteiger charge is -2.29. The first kappa shape index (κ1) is 14.9. The number of ether oxygens (including phenoxy) is 3. The van der Waals surface area contributed by atoms with Crippen LogP contribution in [0.1, 0.15) is 28.8 Å². The second kappa shape index (κ2) is 5.48. The van der Waals surface area contributed by atoms with Crippen LogP contribution in [0.5, 0.6) is 11.5 Å². The van der Waals surface area contributed by atoms with Crippen molar-refractivity contribution in [2.45, 2.75) is 31.7 Å². The van der Waals surface area contributed by atoms with Crippen molar-refractivity contribution in [3.8, 4) is 11.5 Å². The third kappa shape index (κ3) is 2.30. The van der Waals surface area contributed by atoms with E-state index in [0.717, 1.165) is 5.56 Å². The van der Waals surface area contributed by atoms with Gasteiger partial charge in [-0.25, -0.2) is 0 Å². The molecule has 4 rings (SSSR count). The summed E-state index contributed by atoms with van der Waals surface area (Å²) < 4.78 is 16.3. The van der Waals surface area contributed by atoms with Gasteiger partial charge in [-0.05, 0) is 24.1 Å². The van der Waals surface area contributed by atoms with Gasteiger partial charge in [-0.3, -0.25) is 19.7 Å². The Kier molecular flexibility index (Phi) is 3.42. The van der Waals surface area contributed by atoms with Gasteiger partial charge in [0.15, 0.2) is 18.1 Å². The molecule has 0 aliphatic carbocycles. The van der Waals surface area contributed by atoms with Crippen LogP contribution < -0.4 is 14.8 Å². The summed E-state index contributed by atoms with van der Waals surface area (Å²) in [6.45, 7) is 0.544. The maximum atomic E-state index is 12.7. The van der Waals surface area contributed by atoms with Crippen LogP contribution in [0.4, 0.5) is 0 Å². The Hall–Kier alpha value is -2.61. The molecule has 0 bridgehead atoms. The van der Waals surface area contributed by atoms with Crippen LogP contribution in [-0.4, -0.2) is 48.7 Å². The van der Waals surface area contributed by atoms with Crippen LogP contribution in [0.15, 0.2) is 12.1 Å². The summed E-state index contributed by atoms with van der Waals surface area (Å²) in [5.41, 5.74) is 1.27. The molecule has 1 N–H and O–H groups in total. The fourth-order valence-electron chi connectivity index (χ4n) is 3.23. The SMILES string of the molecule is CO[C@H]1COc2cc3c(cc2O1)CN([C@H]1CCC(=O)NC1=O)C3=O. The van der Waals surface area contributed by atoms with E-state index in [-0.39, 0.29) is 24.8 Å². The van der Waals surface area contributed by atoms with Gasteiger partial charge in [-0.2, -0.15) is 0 Å². The minimum atomic E-state index is -0.631. The molecule has 1 aromatic rings. The number of nitrogens with one attached hydrogen (secondary N) is 1. The maximum absolute atomic E-state index is 12.7. The van der Waals surface area contributed by atoms with Crippen LogP contribution in [0.25, 0.3) is 0 Å². The van der Waals surface area contributed by atoms with Crippen LogP contribution >= 0.6 is 0 Å². The van der Waals surface area contributed by atoms with Gasteiger partial charge in [0.25, 0.3) is 5.91 Å². The lowest BCUT2D eigenvalue weighted by atomic mass is 10.0. The number of carbonyl (C=O) groups excluding carboxylic acids is 3. The first-order chi connectivity index (χ1) is 11.6. The third-order valence-corrected chi connectivity index (χ3v) is 4.48. The van der Waals surface area contributed by atoms with Gasteiger partial charge in [0.2, 0.25) is 18.1 Å². The second-order valence-corrected chi connectivity index (χ2v) is 5.95. The molecule has 8 heteroatoms. The number of methoxy groups -OCH3 is 1. The van der Waals surface area contributed by atoms with Crippen molar-refractivity contribution in [3.05, 3.63) is 23.3 Å². The Morgan fingerprint density at radius 2 is 2.08 bits per heavy atom. The smallest absolute Gasteiger partial charge is 0.255 e. The van der Waals surface area contributed by atoms with Crippen LogP contribution in [0, 0.1) is 0 Å². The van der Waals surface area contributed by atoms with Gasteiger partial charge in [-0.1, -0.05) is 0 Å². The van der Waals surface area contributed by atoms with Gasteiger partial charge in [0, 0.05) is 25.6 Å². The molecular weight excluding hydrogens is 316 g/mol. The number of amides is 3. The van der Waals surface area contributed by atoms with Gasteiger partial charge in [-0.15, -0.1) is 0 Å². The lowest BCUT2D eigenvalue weighted by molar-refractivity contribution is -0.136. The Labute approximate surface area is 137 Å². The highest BCUT2D eigenvalue weighted by molar-refractivity contribution is 6.05. The number of hydrogen-bond donors (Lipinski definition) is 1. The largest absolute Gasteiger partial charge is 0.483 e. The highest BCUT2D eigenvalue weighted by atomic mass is 16.7. The summed E-state index contributed by atoms with van der Waals surface area (Å²) in [4.78, 5) is 37.5. The molecule has 8 nitrogen and oxygen atoms in total. The number of benzene rings is 1. The molecule has 0 unspecified atom stereocenters. The van der Waals surface area contributed by atoms with E-state index in [1.54, 1.807) is 12.1 Å². The molecule has 0 aromatic heterocycles. The van der Waals surface area contributed by atoms with E-state index < -0.39 is 18.2 Å². The molecule has 24 heavy (non-hydrogen) atoms. The number of rotatable bonds is 2. The third-order valence-electron chi connectivity index (χ3n) is 4.48. The number of imide groups is 1. The molecule has 0 spiro atoms. The molecule has 0 radical (unpaired) electrons.